The van der Waals surface area contributed by atoms with Crippen LogP contribution in [-0.2, 0) is 12.8 Å². The standard InChI is InChI=1S/C11H14ClN/c1-3-8-6-5-7-9(4-2)10(8)11(12)13/h5-7,13H,3-4H2,1-2H3. The zero-order valence-corrected chi connectivity index (χ0v) is 8.78. The van der Waals surface area contributed by atoms with Crippen molar-refractivity contribution >= 4 is 16.8 Å². The highest BCUT2D eigenvalue weighted by Crippen LogP contribution is 2.18. The quantitative estimate of drug-likeness (QED) is 0.716. The van der Waals surface area contributed by atoms with Crippen LogP contribution in [0.4, 0.5) is 0 Å². The van der Waals surface area contributed by atoms with E-state index in [4.69, 9.17) is 17.0 Å². The molecular weight excluding hydrogens is 182 g/mol. The van der Waals surface area contributed by atoms with Crippen LogP contribution in [-0.4, -0.2) is 5.17 Å². The molecule has 0 aliphatic rings. The first kappa shape index (κ1) is 10.3. The van der Waals surface area contributed by atoms with E-state index >= 15 is 0 Å². The molecule has 0 heterocycles. The maximum absolute atomic E-state index is 7.49. The minimum absolute atomic E-state index is 0.161. The zero-order chi connectivity index (χ0) is 9.84. The van der Waals surface area contributed by atoms with Crippen LogP contribution in [0.25, 0.3) is 0 Å². The summed E-state index contributed by atoms with van der Waals surface area (Å²) < 4.78 is 0. The molecule has 2 heteroatoms. The van der Waals surface area contributed by atoms with Gasteiger partial charge in [0.05, 0.1) is 0 Å². The summed E-state index contributed by atoms with van der Waals surface area (Å²) >= 11 is 5.75. The van der Waals surface area contributed by atoms with Gasteiger partial charge in [-0.2, -0.15) is 0 Å². The van der Waals surface area contributed by atoms with E-state index in [1.54, 1.807) is 0 Å². The highest BCUT2D eigenvalue weighted by Gasteiger charge is 2.08. The fourth-order valence-electron chi connectivity index (χ4n) is 1.52. The smallest absolute Gasteiger partial charge is 0.128 e. The van der Waals surface area contributed by atoms with Crippen molar-refractivity contribution in [3.63, 3.8) is 0 Å². The Labute approximate surface area is 84.2 Å². The molecule has 1 aromatic rings. The maximum atomic E-state index is 7.49. The molecule has 0 saturated heterocycles. The molecule has 0 spiro atoms. The number of halogens is 1. The predicted molar refractivity (Wildman–Crippen MR) is 57.9 cm³/mol. The van der Waals surface area contributed by atoms with Crippen LogP contribution in [0.2, 0.25) is 0 Å². The van der Waals surface area contributed by atoms with Gasteiger partial charge in [-0.25, -0.2) is 0 Å². The van der Waals surface area contributed by atoms with E-state index in [9.17, 15) is 0 Å². The van der Waals surface area contributed by atoms with E-state index in [2.05, 4.69) is 13.8 Å². The average molecular weight is 196 g/mol. The molecule has 0 aromatic heterocycles. The average Bonchev–Trinajstić information content (AvgIpc) is 2.16. The molecule has 13 heavy (non-hydrogen) atoms. The van der Waals surface area contributed by atoms with Crippen molar-refractivity contribution in [2.45, 2.75) is 26.7 Å². The number of aryl methyl sites for hydroxylation is 2. The van der Waals surface area contributed by atoms with Gasteiger partial charge in [-0.15, -0.1) is 0 Å². The minimum Gasteiger partial charge on any atom is -0.289 e. The lowest BCUT2D eigenvalue weighted by molar-refractivity contribution is 1.08. The summed E-state index contributed by atoms with van der Waals surface area (Å²) in [5.74, 6) is 0. The molecule has 0 aliphatic carbocycles. The fourth-order valence-corrected chi connectivity index (χ4v) is 1.77. The molecule has 1 aromatic carbocycles. The fraction of sp³-hybridized carbons (Fsp3) is 0.364. The maximum Gasteiger partial charge on any atom is 0.128 e. The van der Waals surface area contributed by atoms with Gasteiger partial charge in [0.25, 0.3) is 0 Å². The number of nitrogens with one attached hydrogen (secondary N) is 1. The molecule has 0 saturated carbocycles. The third-order valence-corrected chi connectivity index (χ3v) is 2.41. The van der Waals surface area contributed by atoms with Gasteiger partial charge in [0.15, 0.2) is 0 Å². The minimum atomic E-state index is 0.161. The second kappa shape index (κ2) is 4.43. The van der Waals surface area contributed by atoms with Gasteiger partial charge in [0.2, 0.25) is 0 Å². The van der Waals surface area contributed by atoms with Crippen LogP contribution in [0.1, 0.15) is 30.5 Å². The number of hydrogen-bond acceptors (Lipinski definition) is 1. The lowest BCUT2D eigenvalue weighted by atomic mass is 9.98. The molecular formula is C11H14ClN. The van der Waals surface area contributed by atoms with Gasteiger partial charge in [-0.3, -0.25) is 5.41 Å². The topological polar surface area (TPSA) is 23.9 Å². The molecule has 0 radical (unpaired) electrons. The molecule has 70 valence electrons. The van der Waals surface area contributed by atoms with Crippen molar-refractivity contribution in [3.05, 3.63) is 34.9 Å². The lowest BCUT2D eigenvalue weighted by Gasteiger charge is -2.09. The summed E-state index contributed by atoms with van der Waals surface area (Å²) in [6, 6.07) is 6.10. The second-order valence-corrected chi connectivity index (χ2v) is 3.35. The summed E-state index contributed by atoms with van der Waals surface area (Å²) in [4.78, 5) is 0. The van der Waals surface area contributed by atoms with Gasteiger partial charge < -0.3 is 0 Å². The normalized spacial score (nSPS) is 10.1. The highest BCUT2D eigenvalue weighted by atomic mass is 35.5. The summed E-state index contributed by atoms with van der Waals surface area (Å²) in [5, 5.41) is 7.65. The monoisotopic (exact) mass is 195 g/mol. The Balaban J connectivity index is 3.29. The molecule has 0 bridgehead atoms. The zero-order valence-electron chi connectivity index (χ0n) is 8.02. The molecule has 1 N–H and O–H groups in total. The highest BCUT2D eigenvalue weighted by molar-refractivity contribution is 6.69. The van der Waals surface area contributed by atoms with Crippen LogP contribution < -0.4 is 0 Å². The largest absolute Gasteiger partial charge is 0.289 e. The van der Waals surface area contributed by atoms with E-state index in [1.807, 2.05) is 18.2 Å². The Bertz CT molecular complexity index is 296. The summed E-state index contributed by atoms with van der Waals surface area (Å²) in [5.41, 5.74) is 3.26. The summed E-state index contributed by atoms with van der Waals surface area (Å²) in [7, 11) is 0. The molecule has 0 atom stereocenters. The van der Waals surface area contributed by atoms with E-state index in [-0.39, 0.29) is 5.17 Å². The van der Waals surface area contributed by atoms with Gasteiger partial charge >= 0.3 is 0 Å². The van der Waals surface area contributed by atoms with Gasteiger partial charge in [0, 0.05) is 5.56 Å². The van der Waals surface area contributed by atoms with E-state index in [1.165, 1.54) is 11.1 Å². The Kier molecular flexibility index (Phi) is 3.49. The third kappa shape index (κ3) is 2.10. The number of hydrogen-bond donors (Lipinski definition) is 1. The Morgan fingerprint density at radius 3 is 2.00 bits per heavy atom. The van der Waals surface area contributed by atoms with Crippen LogP contribution >= 0.6 is 11.6 Å². The predicted octanol–water partition coefficient (Wildman–Crippen LogP) is 3.38. The van der Waals surface area contributed by atoms with Crippen molar-refractivity contribution in [3.8, 4) is 0 Å². The van der Waals surface area contributed by atoms with Crippen LogP contribution in [0.15, 0.2) is 18.2 Å². The van der Waals surface area contributed by atoms with Crippen molar-refractivity contribution < 1.29 is 0 Å². The van der Waals surface area contributed by atoms with Gasteiger partial charge in [-0.05, 0) is 24.0 Å². The van der Waals surface area contributed by atoms with Gasteiger partial charge in [0.1, 0.15) is 5.17 Å². The molecule has 0 aliphatic heterocycles. The van der Waals surface area contributed by atoms with Crippen LogP contribution in [0.5, 0.6) is 0 Å². The Morgan fingerprint density at radius 2 is 1.69 bits per heavy atom. The Morgan fingerprint density at radius 1 is 1.23 bits per heavy atom. The van der Waals surface area contributed by atoms with Crippen molar-refractivity contribution in [2.24, 2.45) is 0 Å². The second-order valence-electron chi connectivity index (χ2n) is 2.97. The van der Waals surface area contributed by atoms with Gasteiger partial charge in [-0.1, -0.05) is 43.6 Å². The van der Waals surface area contributed by atoms with E-state index < -0.39 is 0 Å². The first-order valence-corrected chi connectivity index (χ1v) is 4.93. The van der Waals surface area contributed by atoms with Crippen molar-refractivity contribution in [1.82, 2.24) is 0 Å². The molecule has 1 rings (SSSR count). The molecule has 0 fully saturated rings. The van der Waals surface area contributed by atoms with Crippen LogP contribution in [0.3, 0.4) is 0 Å². The van der Waals surface area contributed by atoms with Crippen molar-refractivity contribution in [1.29, 1.82) is 5.41 Å². The first-order chi connectivity index (χ1) is 6.20. The third-order valence-electron chi connectivity index (χ3n) is 2.22. The SMILES string of the molecule is CCc1cccc(CC)c1C(=N)Cl. The van der Waals surface area contributed by atoms with Crippen molar-refractivity contribution in [2.75, 3.05) is 0 Å². The van der Waals surface area contributed by atoms with E-state index in [0.29, 0.717) is 0 Å². The summed E-state index contributed by atoms with van der Waals surface area (Å²) in [6.45, 7) is 4.16. The molecule has 1 nitrogen and oxygen atoms in total. The Hall–Kier alpha value is -0.820. The number of benzene rings is 1. The molecule has 0 unspecified atom stereocenters. The van der Waals surface area contributed by atoms with Crippen LogP contribution in [0, 0.1) is 5.41 Å². The number of rotatable bonds is 3. The molecule has 0 amide bonds. The first-order valence-electron chi connectivity index (χ1n) is 4.55. The van der Waals surface area contributed by atoms with E-state index in [0.717, 1.165) is 18.4 Å². The lowest BCUT2D eigenvalue weighted by Crippen LogP contribution is -2.01. The summed E-state index contributed by atoms with van der Waals surface area (Å²) in [6.07, 6.45) is 1.86.